The van der Waals surface area contributed by atoms with Gasteiger partial charge in [0.05, 0.1) is 0 Å². The van der Waals surface area contributed by atoms with Crippen LogP contribution in [0, 0.1) is 0 Å². The Balaban J connectivity index is 0. The van der Waals surface area contributed by atoms with Crippen LogP contribution in [0.5, 0.6) is 0 Å². The van der Waals surface area contributed by atoms with E-state index in [0.717, 1.165) is 6.08 Å². The number of hydrogen-bond donors (Lipinski definition) is 2. The second-order valence-corrected chi connectivity index (χ2v) is 2.41. The van der Waals surface area contributed by atoms with E-state index in [1.807, 2.05) is 13.8 Å². The van der Waals surface area contributed by atoms with Crippen LogP contribution in [0.25, 0.3) is 0 Å². The lowest BCUT2D eigenvalue weighted by Gasteiger charge is -2.02. The fraction of sp³-hybridized carbons (Fsp3) is 0.333. The second-order valence-electron chi connectivity index (χ2n) is 2.41. The first-order valence-electron chi connectivity index (χ1n) is 3.72. The lowest BCUT2D eigenvalue weighted by molar-refractivity contribution is -0.131. The van der Waals surface area contributed by atoms with Crippen LogP contribution in [0.15, 0.2) is 25.3 Å². The van der Waals surface area contributed by atoms with E-state index in [4.69, 9.17) is 5.11 Å². The van der Waals surface area contributed by atoms with Crippen LogP contribution in [0.1, 0.15) is 13.8 Å². The number of aliphatic carboxylic acids is 1. The molecule has 0 radical (unpaired) electrons. The van der Waals surface area contributed by atoms with Gasteiger partial charge < -0.3 is 10.4 Å². The predicted octanol–water partition coefficient (Wildman–Crippen LogP) is 0.954. The summed E-state index contributed by atoms with van der Waals surface area (Å²) in [5.74, 6) is -1.09. The van der Waals surface area contributed by atoms with Crippen LogP contribution in [0.2, 0.25) is 0 Å². The van der Waals surface area contributed by atoms with E-state index >= 15 is 0 Å². The Morgan fingerprint density at radius 1 is 1.31 bits per heavy atom. The SMILES string of the molecule is C=CC(=O)NC(C)C.C=CC(=O)O. The van der Waals surface area contributed by atoms with Crippen molar-refractivity contribution in [2.24, 2.45) is 0 Å². The molecule has 2 N–H and O–H groups in total. The van der Waals surface area contributed by atoms with Crippen molar-refractivity contribution in [1.29, 1.82) is 0 Å². The Morgan fingerprint density at radius 3 is 1.77 bits per heavy atom. The number of rotatable bonds is 3. The molecule has 4 nitrogen and oxygen atoms in total. The van der Waals surface area contributed by atoms with Gasteiger partial charge in [0, 0.05) is 12.1 Å². The number of carboxylic acids is 1. The van der Waals surface area contributed by atoms with E-state index in [9.17, 15) is 9.59 Å². The molecule has 0 spiro atoms. The number of hydrogen-bond acceptors (Lipinski definition) is 2. The van der Waals surface area contributed by atoms with Crippen LogP contribution in [0.3, 0.4) is 0 Å². The molecule has 4 heteroatoms. The third-order valence-corrected chi connectivity index (χ3v) is 0.791. The fourth-order valence-electron chi connectivity index (χ4n) is 0.343. The van der Waals surface area contributed by atoms with Gasteiger partial charge in [-0.2, -0.15) is 0 Å². The molecule has 0 fully saturated rings. The normalized spacial score (nSPS) is 7.92. The molecule has 0 heterocycles. The van der Waals surface area contributed by atoms with Crippen LogP contribution < -0.4 is 5.32 Å². The molecule has 0 atom stereocenters. The minimum absolute atomic E-state index is 0.111. The van der Waals surface area contributed by atoms with E-state index in [2.05, 4.69) is 18.5 Å². The molecule has 0 rings (SSSR count). The van der Waals surface area contributed by atoms with Crippen molar-refractivity contribution in [2.45, 2.75) is 19.9 Å². The molecule has 1 amide bonds. The molecule has 0 unspecified atom stereocenters. The molecular formula is C9H15NO3. The highest BCUT2D eigenvalue weighted by atomic mass is 16.4. The fourth-order valence-corrected chi connectivity index (χ4v) is 0.343. The zero-order valence-corrected chi connectivity index (χ0v) is 7.91. The van der Waals surface area contributed by atoms with Crippen molar-refractivity contribution in [3.05, 3.63) is 25.3 Å². The quantitative estimate of drug-likeness (QED) is 0.643. The molecular weight excluding hydrogens is 170 g/mol. The minimum atomic E-state index is -0.981. The largest absolute Gasteiger partial charge is 0.478 e. The monoisotopic (exact) mass is 185 g/mol. The Kier molecular flexibility index (Phi) is 9.15. The number of nitrogens with one attached hydrogen (secondary N) is 1. The molecule has 13 heavy (non-hydrogen) atoms. The first-order chi connectivity index (χ1) is 5.93. The molecule has 0 saturated carbocycles. The summed E-state index contributed by atoms with van der Waals surface area (Å²) in [6.45, 7) is 10.1. The summed E-state index contributed by atoms with van der Waals surface area (Å²) in [4.78, 5) is 19.6. The molecule has 0 aromatic heterocycles. The average molecular weight is 185 g/mol. The molecule has 0 aromatic rings. The van der Waals surface area contributed by atoms with Gasteiger partial charge in [-0.3, -0.25) is 4.79 Å². The highest BCUT2D eigenvalue weighted by Crippen LogP contribution is 1.75. The lowest BCUT2D eigenvalue weighted by Crippen LogP contribution is -2.27. The Bertz CT molecular complexity index is 197. The van der Waals surface area contributed by atoms with Crippen LogP contribution in [0.4, 0.5) is 0 Å². The van der Waals surface area contributed by atoms with Crippen LogP contribution >= 0.6 is 0 Å². The second kappa shape index (κ2) is 8.52. The van der Waals surface area contributed by atoms with E-state index in [1.54, 1.807) is 0 Å². The van der Waals surface area contributed by atoms with Crippen molar-refractivity contribution >= 4 is 11.9 Å². The van der Waals surface area contributed by atoms with Gasteiger partial charge in [0.2, 0.25) is 5.91 Å². The van der Waals surface area contributed by atoms with Gasteiger partial charge >= 0.3 is 5.97 Å². The predicted molar refractivity (Wildman–Crippen MR) is 51.3 cm³/mol. The third kappa shape index (κ3) is 17.9. The molecule has 74 valence electrons. The summed E-state index contributed by atoms with van der Waals surface area (Å²) < 4.78 is 0. The number of carbonyl (C=O) groups is 2. The van der Waals surface area contributed by atoms with Crippen molar-refractivity contribution in [1.82, 2.24) is 5.32 Å². The van der Waals surface area contributed by atoms with E-state index in [-0.39, 0.29) is 11.9 Å². The van der Waals surface area contributed by atoms with Crippen molar-refractivity contribution in [3.8, 4) is 0 Å². The lowest BCUT2D eigenvalue weighted by atomic mass is 10.4. The van der Waals surface area contributed by atoms with Gasteiger partial charge in [-0.15, -0.1) is 0 Å². The minimum Gasteiger partial charge on any atom is -0.478 e. The average Bonchev–Trinajstić information content (AvgIpc) is 2.04. The van der Waals surface area contributed by atoms with Crippen molar-refractivity contribution in [2.75, 3.05) is 0 Å². The number of carbonyl (C=O) groups excluding carboxylic acids is 1. The van der Waals surface area contributed by atoms with E-state index < -0.39 is 5.97 Å². The molecule has 0 aliphatic rings. The van der Waals surface area contributed by atoms with Gasteiger partial charge in [-0.05, 0) is 19.9 Å². The maximum atomic E-state index is 10.4. The number of amides is 1. The molecule has 0 saturated heterocycles. The summed E-state index contributed by atoms with van der Waals surface area (Å²) in [6.07, 6.45) is 2.10. The van der Waals surface area contributed by atoms with Gasteiger partial charge in [-0.25, -0.2) is 4.79 Å². The standard InChI is InChI=1S/C6H11NO.C3H4O2/c1-4-6(8)7-5(2)3;1-2-3(4)5/h4-5H,1H2,2-3H3,(H,7,8);2H,1H2,(H,4,5). The Morgan fingerprint density at radius 2 is 1.69 bits per heavy atom. The smallest absolute Gasteiger partial charge is 0.327 e. The molecule has 0 aliphatic carbocycles. The molecule has 0 aromatic carbocycles. The highest BCUT2D eigenvalue weighted by molar-refractivity contribution is 5.86. The highest BCUT2D eigenvalue weighted by Gasteiger charge is 1.93. The third-order valence-electron chi connectivity index (χ3n) is 0.791. The van der Waals surface area contributed by atoms with Gasteiger partial charge in [0.25, 0.3) is 0 Å². The number of carboxylic acid groups (broad SMARTS) is 1. The van der Waals surface area contributed by atoms with Crippen molar-refractivity contribution < 1.29 is 14.7 Å². The Hall–Kier alpha value is -1.58. The maximum absolute atomic E-state index is 10.4. The summed E-state index contributed by atoms with van der Waals surface area (Å²) in [5.41, 5.74) is 0. The van der Waals surface area contributed by atoms with Gasteiger partial charge in [0.15, 0.2) is 0 Å². The Labute approximate surface area is 78.0 Å². The zero-order valence-electron chi connectivity index (χ0n) is 7.91. The topological polar surface area (TPSA) is 66.4 Å². The van der Waals surface area contributed by atoms with Gasteiger partial charge in [-0.1, -0.05) is 13.2 Å². The molecule has 0 aliphatic heterocycles. The van der Waals surface area contributed by atoms with E-state index in [1.165, 1.54) is 6.08 Å². The maximum Gasteiger partial charge on any atom is 0.327 e. The summed E-state index contributed by atoms with van der Waals surface area (Å²) in [5, 5.41) is 10.2. The summed E-state index contributed by atoms with van der Waals surface area (Å²) >= 11 is 0. The van der Waals surface area contributed by atoms with Gasteiger partial charge in [0.1, 0.15) is 0 Å². The summed E-state index contributed by atoms with van der Waals surface area (Å²) in [7, 11) is 0. The van der Waals surface area contributed by atoms with Crippen molar-refractivity contribution in [3.63, 3.8) is 0 Å². The first-order valence-corrected chi connectivity index (χ1v) is 3.72. The van der Waals surface area contributed by atoms with Crippen LogP contribution in [-0.4, -0.2) is 23.0 Å². The zero-order chi connectivity index (χ0) is 10.9. The van der Waals surface area contributed by atoms with Crippen LogP contribution in [-0.2, 0) is 9.59 Å². The summed E-state index contributed by atoms with van der Waals surface area (Å²) in [6, 6.07) is 0.209. The van der Waals surface area contributed by atoms with E-state index in [0.29, 0.717) is 0 Å². The first kappa shape index (κ1) is 14.0. The molecule has 0 bridgehead atoms.